The van der Waals surface area contributed by atoms with Gasteiger partial charge in [0.05, 0.1) is 23.7 Å². The van der Waals surface area contributed by atoms with Gasteiger partial charge in [-0.25, -0.2) is 4.68 Å². The van der Waals surface area contributed by atoms with Crippen molar-refractivity contribution in [3.63, 3.8) is 0 Å². The fraction of sp³-hybridized carbons (Fsp3) is 0.429. The van der Waals surface area contributed by atoms with Crippen molar-refractivity contribution < 1.29 is 5.11 Å². The molecule has 20 heavy (non-hydrogen) atoms. The van der Waals surface area contributed by atoms with Gasteiger partial charge in [-0.15, -0.1) is 5.10 Å². The molecule has 2 rings (SSSR count). The van der Waals surface area contributed by atoms with Crippen molar-refractivity contribution in [2.45, 2.75) is 39.0 Å². The van der Waals surface area contributed by atoms with Crippen LogP contribution in [0.15, 0.2) is 34.9 Å². The second-order valence-electron chi connectivity index (χ2n) is 5.36. The number of benzene rings is 1. The summed E-state index contributed by atoms with van der Waals surface area (Å²) in [6.45, 7) is 6.24. The van der Waals surface area contributed by atoms with Crippen LogP contribution in [0.1, 0.15) is 26.5 Å². The lowest BCUT2D eigenvalue weighted by atomic mass is 9.99. The van der Waals surface area contributed by atoms with E-state index in [0.29, 0.717) is 6.54 Å². The number of para-hydroxylation sites is 1. The molecule has 0 saturated heterocycles. The molecule has 0 aliphatic heterocycles. The normalized spacial score (nSPS) is 13.4. The molecule has 0 fully saturated rings. The number of nitrogens with zero attached hydrogens (tertiary/aromatic N) is 3. The molecule has 0 aliphatic rings. The van der Waals surface area contributed by atoms with Crippen molar-refractivity contribution in [3.8, 4) is 5.69 Å². The van der Waals surface area contributed by atoms with Crippen LogP contribution in [0.25, 0.3) is 5.69 Å². The molecule has 1 heterocycles. The summed E-state index contributed by atoms with van der Waals surface area (Å²) >= 11 is 3.49. The van der Waals surface area contributed by atoms with Gasteiger partial charge >= 0.3 is 0 Å². The maximum absolute atomic E-state index is 9.67. The Bertz CT molecular complexity index is 580. The molecule has 1 aromatic carbocycles. The monoisotopic (exact) mass is 338 g/mol. The Balaban J connectivity index is 2.09. The fourth-order valence-corrected chi connectivity index (χ4v) is 2.07. The van der Waals surface area contributed by atoms with Crippen LogP contribution in [0, 0.1) is 0 Å². The molecule has 2 N–H and O–H groups in total. The second-order valence-corrected chi connectivity index (χ2v) is 6.21. The molecule has 1 aromatic heterocycles. The third kappa shape index (κ3) is 3.45. The summed E-state index contributed by atoms with van der Waals surface area (Å²) in [5.41, 5.74) is 1.41. The highest BCUT2D eigenvalue weighted by atomic mass is 79.9. The smallest absolute Gasteiger partial charge is 0.0969 e. The van der Waals surface area contributed by atoms with Crippen LogP contribution < -0.4 is 5.32 Å². The molecular formula is C14H19BrN4O. The first kappa shape index (κ1) is 15.2. The predicted octanol–water partition coefficient (Wildman–Crippen LogP) is 2.28. The molecule has 1 unspecified atom stereocenters. The van der Waals surface area contributed by atoms with E-state index in [-0.39, 0.29) is 5.54 Å². The topological polar surface area (TPSA) is 63.0 Å². The average Bonchev–Trinajstić information content (AvgIpc) is 2.85. The zero-order valence-corrected chi connectivity index (χ0v) is 13.4. The van der Waals surface area contributed by atoms with E-state index >= 15 is 0 Å². The summed E-state index contributed by atoms with van der Waals surface area (Å²) in [7, 11) is 0. The average molecular weight is 339 g/mol. The molecule has 0 spiro atoms. The van der Waals surface area contributed by atoms with Gasteiger partial charge < -0.3 is 10.4 Å². The van der Waals surface area contributed by atoms with Crippen LogP contribution in [-0.2, 0) is 6.54 Å². The van der Waals surface area contributed by atoms with E-state index in [1.165, 1.54) is 0 Å². The fourth-order valence-electron chi connectivity index (χ4n) is 1.60. The van der Waals surface area contributed by atoms with Crippen molar-refractivity contribution in [3.05, 3.63) is 40.6 Å². The van der Waals surface area contributed by atoms with Crippen LogP contribution in [0.5, 0.6) is 0 Å². The summed E-state index contributed by atoms with van der Waals surface area (Å²) in [6.07, 6.45) is 1.44. The van der Waals surface area contributed by atoms with Crippen molar-refractivity contribution in [1.29, 1.82) is 0 Å². The zero-order chi connectivity index (χ0) is 14.8. The molecule has 0 bridgehead atoms. The quantitative estimate of drug-likeness (QED) is 0.877. The first-order chi connectivity index (χ1) is 9.40. The SMILES string of the molecule is CC(O)C(C)(C)NCc1cn(-c2ccccc2Br)nn1. The van der Waals surface area contributed by atoms with Crippen LogP contribution in [-0.4, -0.2) is 31.7 Å². The van der Waals surface area contributed by atoms with Gasteiger partial charge in [0.25, 0.3) is 0 Å². The Morgan fingerprint density at radius 1 is 1.40 bits per heavy atom. The third-order valence-corrected chi connectivity index (χ3v) is 4.08. The van der Waals surface area contributed by atoms with Gasteiger partial charge in [-0.05, 0) is 48.8 Å². The zero-order valence-electron chi connectivity index (χ0n) is 11.8. The summed E-state index contributed by atoms with van der Waals surface area (Å²) in [5.74, 6) is 0. The molecule has 0 aliphatic carbocycles. The van der Waals surface area contributed by atoms with E-state index in [1.807, 2.05) is 44.3 Å². The standard InChI is InChI=1S/C14H19BrN4O/c1-10(20)14(2,3)16-8-11-9-19(18-17-11)13-7-5-4-6-12(13)15/h4-7,9-10,16,20H,8H2,1-3H3. The van der Waals surface area contributed by atoms with E-state index in [0.717, 1.165) is 15.9 Å². The van der Waals surface area contributed by atoms with Gasteiger partial charge in [-0.1, -0.05) is 17.3 Å². The molecular weight excluding hydrogens is 320 g/mol. The predicted molar refractivity (Wildman–Crippen MR) is 81.7 cm³/mol. The van der Waals surface area contributed by atoms with Gasteiger partial charge in [0.1, 0.15) is 0 Å². The molecule has 2 aromatic rings. The highest BCUT2D eigenvalue weighted by molar-refractivity contribution is 9.10. The van der Waals surface area contributed by atoms with E-state index < -0.39 is 6.10 Å². The molecule has 6 heteroatoms. The molecule has 108 valence electrons. The Kier molecular flexibility index (Phi) is 4.57. The van der Waals surface area contributed by atoms with Crippen LogP contribution >= 0.6 is 15.9 Å². The minimum Gasteiger partial charge on any atom is -0.392 e. The van der Waals surface area contributed by atoms with Crippen molar-refractivity contribution in [1.82, 2.24) is 20.3 Å². The van der Waals surface area contributed by atoms with Crippen molar-refractivity contribution in [2.75, 3.05) is 0 Å². The summed E-state index contributed by atoms with van der Waals surface area (Å²) in [4.78, 5) is 0. The molecule has 0 amide bonds. The van der Waals surface area contributed by atoms with E-state index in [2.05, 4.69) is 31.6 Å². The Morgan fingerprint density at radius 3 is 2.75 bits per heavy atom. The number of aromatic nitrogens is 3. The largest absolute Gasteiger partial charge is 0.392 e. The summed E-state index contributed by atoms with van der Waals surface area (Å²) < 4.78 is 2.70. The highest BCUT2D eigenvalue weighted by Gasteiger charge is 2.23. The van der Waals surface area contributed by atoms with Gasteiger partial charge in [-0.2, -0.15) is 0 Å². The second kappa shape index (κ2) is 6.03. The van der Waals surface area contributed by atoms with Crippen molar-refractivity contribution in [2.24, 2.45) is 0 Å². The maximum atomic E-state index is 9.67. The van der Waals surface area contributed by atoms with Crippen LogP contribution in [0.4, 0.5) is 0 Å². The molecule has 0 saturated carbocycles. The minimum atomic E-state index is -0.444. The number of halogens is 1. The maximum Gasteiger partial charge on any atom is 0.0969 e. The number of aliphatic hydroxyl groups excluding tert-OH is 1. The van der Waals surface area contributed by atoms with Gasteiger partial charge in [0, 0.05) is 16.6 Å². The minimum absolute atomic E-state index is 0.364. The molecule has 1 atom stereocenters. The highest BCUT2D eigenvalue weighted by Crippen LogP contribution is 2.19. The lowest BCUT2D eigenvalue weighted by molar-refractivity contribution is 0.0954. The molecule has 0 radical (unpaired) electrons. The third-order valence-electron chi connectivity index (χ3n) is 3.41. The molecule has 5 nitrogen and oxygen atoms in total. The lowest BCUT2D eigenvalue weighted by Crippen LogP contribution is -2.47. The number of hydrogen-bond acceptors (Lipinski definition) is 4. The first-order valence-electron chi connectivity index (χ1n) is 6.49. The van der Waals surface area contributed by atoms with E-state index in [4.69, 9.17) is 0 Å². The van der Waals surface area contributed by atoms with Gasteiger partial charge in [0.15, 0.2) is 0 Å². The first-order valence-corrected chi connectivity index (χ1v) is 7.28. The van der Waals surface area contributed by atoms with Crippen molar-refractivity contribution >= 4 is 15.9 Å². The van der Waals surface area contributed by atoms with Crippen LogP contribution in [0.3, 0.4) is 0 Å². The van der Waals surface area contributed by atoms with Crippen LogP contribution in [0.2, 0.25) is 0 Å². The Hall–Kier alpha value is -1.24. The lowest BCUT2D eigenvalue weighted by Gasteiger charge is -2.29. The van der Waals surface area contributed by atoms with Gasteiger partial charge in [-0.3, -0.25) is 0 Å². The Morgan fingerprint density at radius 2 is 2.10 bits per heavy atom. The van der Waals surface area contributed by atoms with E-state index in [1.54, 1.807) is 11.6 Å². The number of nitrogens with one attached hydrogen (secondary N) is 1. The summed E-state index contributed by atoms with van der Waals surface area (Å²) in [5, 5.41) is 21.2. The summed E-state index contributed by atoms with van der Waals surface area (Å²) in [6, 6.07) is 7.84. The number of hydrogen-bond donors (Lipinski definition) is 2. The number of aliphatic hydroxyl groups is 1. The van der Waals surface area contributed by atoms with Gasteiger partial charge in [0.2, 0.25) is 0 Å². The number of rotatable bonds is 5. The van der Waals surface area contributed by atoms with E-state index in [9.17, 15) is 5.11 Å². The Labute approximate surface area is 127 Å².